The van der Waals surface area contributed by atoms with Gasteiger partial charge in [0.25, 0.3) is 0 Å². The molecule has 1 atom stereocenters. The van der Waals surface area contributed by atoms with Crippen LogP contribution < -0.4 is 0 Å². The zero-order valence-electron chi connectivity index (χ0n) is 11.5. The van der Waals surface area contributed by atoms with Crippen LogP contribution in [0.1, 0.15) is 37.3 Å². The van der Waals surface area contributed by atoms with E-state index in [2.05, 4.69) is 23.9 Å². The first-order chi connectivity index (χ1) is 9.63. The standard InChI is InChI=1S/C15H17N3OS/c1-10(2)18-5-3-12(17-18)8-14(19)11-7-15-13(16-9-11)4-6-20-15/h3-7,9-10,14,19H,8H2,1-2H3. The number of thiophene rings is 1. The predicted molar refractivity (Wildman–Crippen MR) is 80.9 cm³/mol. The molecule has 0 aliphatic carbocycles. The van der Waals surface area contributed by atoms with Crippen LogP contribution in [-0.2, 0) is 6.42 Å². The van der Waals surface area contributed by atoms with Gasteiger partial charge in [-0.25, -0.2) is 0 Å². The van der Waals surface area contributed by atoms with E-state index in [4.69, 9.17) is 0 Å². The lowest BCUT2D eigenvalue weighted by atomic mass is 10.1. The third kappa shape index (κ3) is 2.59. The fraction of sp³-hybridized carbons (Fsp3) is 0.333. The smallest absolute Gasteiger partial charge is 0.0861 e. The van der Waals surface area contributed by atoms with Crippen molar-refractivity contribution in [2.75, 3.05) is 0 Å². The lowest BCUT2D eigenvalue weighted by Gasteiger charge is -2.09. The number of rotatable bonds is 4. The Labute approximate surface area is 121 Å². The fourth-order valence-corrected chi connectivity index (χ4v) is 2.92. The summed E-state index contributed by atoms with van der Waals surface area (Å²) in [5.41, 5.74) is 2.73. The molecule has 1 unspecified atom stereocenters. The van der Waals surface area contributed by atoms with Crippen LogP contribution in [0.25, 0.3) is 10.2 Å². The largest absolute Gasteiger partial charge is 0.388 e. The molecule has 0 aliphatic heterocycles. The monoisotopic (exact) mass is 287 g/mol. The van der Waals surface area contributed by atoms with Crippen molar-refractivity contribution in [1.29, 1.82) is 0 Å². The molecule has 3 heterocycles. The molecule has 0 amide bonds. The summed E-state index contributed by atoms with van der Waals surface area (Å²) in [4.78, 5) is 4.36. The molecule has 0 bridgehead atoms. The summed E-state index contributed by atoms with van der Waals surface area (Å²) in [7, 11) is 0. The second-order valence-electron chi connectivity index (χ2n) is 5.17. The summed E-state index contributed by atoms with van der Waals surface area (Å²) in [5.74, 6) is 0. The van der Waals surface area contributed by atoms with E-state index in [0.29, 0.717) is 12.5 Å². The molecule has 0 aromatic carbocycles. The van der Waals surface area contributed by atoms with Gasteiger partial charge in [0.05, 0.1) is 22.0 Å². The number of fused-ring (bicyclic) bond motifs is 1. The summed E-state index contributed by atoms with van der Waals surface area (Å²) >= 11 is 1.64. The minimum atomic E-state index is -0.565. The molecular weight excluding hydrogens is 270 g/mol. The van der Waals surface area contributed by atoms with Gasteiger partial charge in [-0.3, -0.25) is 9.67 Å². The van der Waals surface area contributed by atoms with Gasteiger partial charge >= 0.3 is 0 Å². The Kier molecular flexibility index (Phi) is 3.54. The van der Waals surface area contributed by atoms with Gasteiger partial charge in [-0.15, -0.1) is 11.3 Å². The Bertz CT molecular complexity index is 717. The number of aliphatic hydroxyl groups excluding tert-OH is 1. The maximum absolute atomic E-state index is 10.3. The number of aromatic nitrogens is 3. The van der Waals surface area contributed by atoms with Crippen LogP contribution in [0, 0.1) is 0 Å². The number of hydrogen-bond donors (Lipinski definition) is 1. The van der Waals surface area contributed by atoms with Crippen molar-refractivity contribution in [3.63, 3.8) is 0 Å². The van der Waals surface area contributed by atoms with Gasteiger partial charge in [0.1, 0.15) is 0 Å². The van der Waals surface area contributed by atoms with Crippen molar-refractivity contribution >= 4 is 21.6 Å². The summed E-state index contributed by atoms with van der Waals surface area (Å²) in [6.45, 7) is 4.17. The molecule has 104 valence electrons. The Morgan fingerprint density at radius 2 is 2.20 bits per heavy atom. The van der Waals surface area contributed by atoms with Crippen LogP contribution in [0.2, 0.25) is 0 Å². The van der Waals surface area contributed by atoms with Crippen molar-refractivity contribution in [2.24, 2.45) is 0 Å². The first-order valence-corrected chi connectivity index (χ1v) is 7.56. The highest BCUT2D eigenvalue weighted by atomic mass is 32.1. The third-order valence-electron chi connectivity index (χ3n) is 3.30. The number of pyridine rings is 1. The maximum Gasteiger partial charge on any atom is 0.0861 e. The molecule has 0 saturated heterocycles. The normalized spacial score (nSPS) is 13.2. The minimum Gasteiger partial charge on any atom is -0.388 e. The Morgan fingerprint density at radius 3 is 2.95 bits per heavy atom. The van der Waals surface area contributed by atoms with Crippen molar-refractivity contribution in [3.05, 3.63) is 47.2 Å². The van der Waals surface area contributed by atoms with Gasteiger partial charge in [0.2, 0.25) is 0 Å². The van der Waals surface area contributed by atoms with Gasteiger partial charge in [0.15, 0.2) is 0 Å². The summed E-state index contributed by atoms with van der Waals surface area (Å²) < 4.78 is 3.01. The SMILES string of the molecule is CC(C)n1ccc(CC(O)c2cnc3ccsc3c2)n1. The predicted octanol–water partition coefficient (Wildman–Crippen LogP) is 3.35. The molecule has 3 aromatic heterocycles. The zero-order valence-corrected chi connectivity index (χ0v) is 12.3. The van der Waals surface area contributed by atoms with E-state index in [9.17, 15) is 5.11 Å². The highest BCUT2D eigenvalue weighted by Gasteiger charge is 2.12. The van der Waals surface area contributed by atoms with E-state index in [1.807, 2.05) is 34.5 Å². The Morgan fingerprint density at radius 1 is 1.35 bits per heavy atom. The van der Waals surface area contributed by atoms with E-state index in [1.54, 1.807) is 17.5 Å². The quantitative estimate of drug-likeness (QED) is 0.800. The number of aliphatic hydroxyl groups is 1. The molecule has 0 saturated carbocycles. The molecule has 0 aliphatic rings. The number of nitrogens with zero attached hydrogens (tertiary/aromatic N) is 3. The van der Waals surface area contributed by atoms with Crippen LogP contribution in [0.3, 0.4) is 0 Å². The highest BCUT2D eigenvalue weighted by molar-refractivity contribution is 7.17. The van der Waals surface area contributed by atoms with Gasteiger partial charge < -0.3 is 5.11 Å². The van der Waals surface area contributed by atoms with Crippen LogP contribution in [-0.4, -0.2) is 19.9 Å². The third-order valence-corrected chi connectivity index (χ3v) is 4.16. The molecule has 0 fully saturated rings. The Hall–Kier alpha value is -1.72. The average Bonchev–Trinajstić information content (AvgIpc) is 3.05. The van der Waals surface area contributed by atoms with E-state index in [1.165, 1.54) is 0 Å². The average molecular weight is 287 g/mol. The van der Waals surface area contributed by atoms with E-state index in [-0.39, 0.29) is 0 Å². The molecule has 3 rings (SSSR count). The van der Waals surface area contributed by atoms with E-state index >= 15 is 0 Å². The lowest BCUT2D eigenvalue weighted by molar-refractivity contribution is 0.176. The second-order valence-corrected chi connectivity index (χ2v) is 6.12. The molecule has 1 N–H and O–H groups in total. The first-order valence-electron chi connectivity index (χ1n) is 6.69. The van der Waals surface area contributed by atoms with E-state index in [0.717, 1.165) is 21.5 Å². The Balaban J connectivity index is 1.78. The number of hydrogen-bond acceptors (Lipinski definition) is 4. The molecule has 0 radical (unpaired) electrons. The fourth-order valence-electron chi connectivity index (χ4n) is 2.13. The molecule has 4 nitrogen and oxygen atoms in total. The van der Waals surface area contributed by atoms with Gasteiger partial charge in [-0.2, -0.15) is 5.10 Å². The second kappa shape index (κ2) is 5.34. The van der Waals surface area contributed by atoms with Crippen molar-refractivity contribution < 1.29 is 5.11 Å². The summed E-state index contributed by atoms with van der Waals surface area (Å²) in [6.07, 6.45) is 3.65. The van der Waals surface area contributed by atoms with E-state index < -0.39 is 6.10 Å². The van der Waals surface area contributed by atoms with Gasteiger partial charge in [-0.1, -0.05) is 0 Å². The van der Waals surface area contributed by atoms with Gasteiger partial charge in [0, 0.05) is 30.4 Å². The van der Waals surface area contributed by atoms with Crippen LogP contribution in [0.4, 0.5) is 0 Å². The van der Waals surface area contributed by atoms with Gasteiger partial charge in [-0.05, 0) is 37.4 Å². The minimum absolute atomic E-state index is 0.338. The maximum atomic E-state index is 10.3. The first kappa shape index (κ1) is 13.3. The lowest BCUT2D eigenvalue weighted by Crippen LogP contribution is -2.05. The summed E-state index contributed by atoms with van der Waals surface area (Å²) in [6, 6.07) is 6.29. The van der Waals surface area contributed by atoms with Crippen molar-refractivity contribution in [1.82, 2.24) is 14.8 Å². The highest BCUT2D eigenvalue weighted by Crippen LogP contribution is 2.24. The van der Waals surface area contributed by atoms with Crippen LogP contribution in [0.15, 0.2) is 36.0 Å². The molecule has 20 heavy (non-hydrogen) atoms. The molecular formula is C15H17N3OS. The molecule has 5 heteroatoms. The van der Waals surface area contributed by atoms with Crippen molar-refractivity contribution in [2.45, 2.75) is 32.4 Å². The zero-order chi connectivity index (χ0) is 14.1. The summed E-state index contributed by atoms with van der Waals surface area (Å²) in [5, 5.41) is 16.8. The molecule has 3 aromatic rings. The van der Waals surface area contributed by atoms with Crippen LogP contribution in [0.5, 0.6) is 0 Å². The topological polar surface area (TPSA) is 50.9 Å². The molecule has 0 spiro atoms. The van der Waals surface area contributed by atoms with Crippen LogP contribution >= 0.6 is 11.3 Å². The van der Waals surface area contributed by atoms with Crippen molar-refractivity contribution in [3.8, 4) is 0 Å².